The smallest absolute Gasteiger partial charge is 0.323 e. The van der Waals surface area contributed by atoms with Crippen molar-refractivity contribution in [3.8, 4) is 0 Å². The van der Waals surface area contributed by atoms with Gasteiger partial charge < -0.3 is 15.7 Å². The Bertz CT molecular complexity index is 350. The van der Waals surface area contributed by atoms with E-state index in [0.717, 1.165) is 11.3 Å². The van der Waals surface area contributed by atoms with Crippen LogP contribution in [0.3, 0.4) is 0 Å². The maximum absolute atomic E-state index is 10.5. The summed E-state index contributed by atoms with van der Waals surface area (Å²) in [6.07, 6.45) is 0. The van der Waals surface area contributed by atoms with Crippen LogP contribution in [0, 0.1) is 6.92 Å². The molecule has 0 aliphatic carbocycles. The molecule has 0 amide bonds. The van der Waals surface area contributed by atoms with Gasteiger partial charge in [-0.05, 0) is 24.6 Å². The third-order valence-corrected chi connectivity index (χ3v) is 1.97. The van der Waals surface area contributed by atoms with Crippen molar-refractivity contribution in [2.45, 2.75) is 6.92 Å². The van der Waals surface area contributed by atoms with E-state index in [1.54, 1.807) is 11.9 Å². The van der Waals surface area contributed by atoms with Gasteiger partial charge in [-0.3, -0.25) is 4.79 Å². The molecule has 0 heterocycles. The Labute approximate surface area is 82.9 Å². The second-order valence-electron chi connectivity index (χ2n) is 3.31. The number of aliphatic carboxylic acids is 1. The zero-order chi connectivity index (χ0) is 10.7. The molecular formula is C10H14N2O2. The number of benzene rings is 1. The summed E-state index contributed by atoms with van der Waals surface area (Å²) >= 11 is 0. The van der Waals surface area contributed by atoms with Gasteiger partial charge in [0, 0.05) is 7.05 Å². The topological polar surface area (TPSA) is 66.6 Å². The van der Waals surface area contributed by atoms with E-state index in [9.17, 15) is 4.79 Å². The molecule has 0 unspecified atom stereocenters. The van der Waals surface area contributed by atoms with Crippen molar-refractivity contribution in [3.05, 3.63) is 23.8 Å². The largest absolute Gasteiger partial charge is 0.480 e. The van der Waals surface area contributed by atoms with Crippen LogP contribution < -0.4 is 10.6 Å². The van der Waals surface area contributed by atoms with Crippen molar-refractivity contribution in [3.63, 3.8) is 0 Å². The molecule has 14 heavy (non-hydrogen) atoms. The molecule has 1 aromatic carbocycles. The quantitative estimate of drug-likeness (QED) is 0.707. The van der Waals surface area contributed by atoms with E-state index in [2.05, 4.69) is 0 Å². The van der Waals surface area contributed by atoms with Crippen molar-refractivity contribution in [2.24, 2.45) is 0 Å². The predicted octanol–water partition coefficient (Wildman–Crippen LogP) is 1.10. The zero-order valence-corrected chi connectivity index (χ0v) is 8.32. The van der Waals surface area contributed by atoms with Crippen LogP contribution in [0.1, 0.15) is 5.56 Å². The maximum Gasteiger partial charge on any atom is 0.323 e. The highest BCUT2D eigenvalue weighted by atomic mass is 16.4. The van der Waals surface area contributed by atoms with Gasteiger partial charge >= 0.3 is 5.97 Å². The highest BCUT2D eigenvalue weighted by Crippen LogP contribution is 2.22. The number of likely N-dealkylation sites (N-methyl/N-ethyl adjacent to an activating group) is 1. The van der Waals surface area contributed by atoms with Crippen molar-refractivity contribution in [2.75, 3.05) is 24.2 Å². The molecule has 0 aliphatic heterocycles. The summed E-state index contributed by atoms with van der Waals surface area (Å²) in [4.78, 5) is 12.1. The van der Waals surface area contributed by atoms with Gasteiger partial charge in [0.05, 0.1) is 11.4 Å². The molecule has 0 bridgehead atoms. The second-order valence-corrected chi connectivity index (χ2v) is 3.31. The standard InChI is InChI=1S/C10H14N2O2/c1-7-3-4-9(8(11)5-7)12(2)6-10(13)14/h3-5H,6,11H2,1-2H3,(H,13,14). The van der Waals surface area contributed by atoms with Crippen LogP contribution in [-0.2, 0) is 4.79 Å². The molecule has 0 saturated carbocycles. The molecule has 0 atom stereocenters. The first kappa shape index (κ1) is 10.4. The van der Waals surface area contributed by atoms with Crippen LogP contribution in [0.2, 0.25) is 0 Å². The maximum atomic E-state index is 10.5. The first-order valence-electron chi connectivity index (χ1n) is 4.30. The van der Waals surface area contributed by atoms with E-state index >= 15 is 0 Å². The molecule has 1 rings (SSSR count). The molecule has 1 aromatic rings. The minimum Gasteiger partial charge on any atom is -0.480 e. The number of rotatable bonds is 3. The van der Waals surface area contributed by atoms with E-state index in [0.29, 0.717) is 5.69 Å². The summed E-state index contributed by atoms with van der Waals surface area (Å²) in [6.45, 7) is 1.89. The highest BCUT2D eigenvalue weighted by molar-refractivity contribution is 5.77. The summed E-state index contributed by atoms with van der Waals surface area (Å²) in [5, 5.41) is 8.61. The van der Waals surface area contributed by atoms with Gasteiger partial charge in [-0.1, -0.05) is 6.07 Å². The van der Waals surface area contributed by atoms with Crippen molar-refractivity contribution < 1.29 is 9.90 Å². The highest BCUT2D eigenvalue weighted by Gasteiger charge is 2.08. The number of anilines is 2. The summed E-state index contributed by atoms with van der Waals surface area (Å²) in [5.74, 6) is -0.868. The van der Waals surface area contributed by atoms with E-state index in [1.807, 2.05) is 25.1 Å². The lowest BCUT2D eigenvalue weighted by molar-refractivity contribution is -0.135. The van der Waals surface area contributed by atoms with Crippen molar-refractivity contribution in [1.82, 2.24) is 0 Å². The van der Waals surface area contributed by atoms with Gasteiger partial charge in [0.25, 0.3) is 0 Å². The normalized spacial score (nSPS) is 9.86. The molecule has 3 N–H and O–H groups in total. The molecule has 0 spiro atoms. The van der Waals surface area contributed by atoms with Crippen molar-refractivity contribution >= 4 is 17.3 Å². The molecular weight excluding hydrogens is 180 g/mol. The Morgan fingerprint density at radius 2 is 2.21 bits per heavy atom. The molecule has 0 saturated heterocycles. The Balaban J connectivity index is 2.90. The SMILES string of the molecule is Cc1ccc(N(C)CC(=O)O)c(N)c1. The minimum atomic E-state index is -0.868. The van der Waals surface area contributed by atoms with Crippen LogP contribution in [0.4, 0.5) is 11.4 Å². The molecule has 0 fully saturated rings. The van der Waals surface area contributed by atoms with E-state index in [1.165, 1.54) is 0 Å². The summed E-state index contributed by atoms with van der Waals surface area (Å²) in [6, 6.07) is 5.56. The van der Waals surface area contributed by atoms with Crippen LogP contribution in [0.5, 0.6) is 0 Å². The van der Waals surface area contributed by atoms with Gasteiger partial charge in [0.15, 0.2) is 0 Å². The fourth-order valence-electron chi connectivity index (χ4n) is 1.31. The van der Waals surface area contributed by atoms with E-state index in [4.69, 9.17) is 10.8 Å². The fourth-order valence-corrected chi connectivity index (χ4v) is 1.31. The number of hydrogen-bond acceptors (Lipinski definition) is 3. The lowest BCUT2D eigenvalue weighted by Crippen LogP contribution is -2.25. The van der Waals surface area contributed by atoms with Crippen LogP contribution in [0.25, 0.3) is 0 Å². The molecule has 0 aliphatic rings. The molecule has 76 valence electrons. The Kier molecular flexibility index (Phi) is 2.96. The van der Waals surface area contributed by atoms with Gasteiger partial charge in [0.1, 0.15) is 6.54 Å². The van der Waals surface area contributed by atoms with Gasteiger partial charge in [-0.15, -0.1) is 0 Å². The predicted molar refractivity (Wildman–Crippen MR) is 56.5 cm³/mol. The first-order chi connectivity index (χ1) is 6.50. The third kappa shape index (κ3) is 2.39. The Morgan fingerprint density at radius 3 is 2.71 bits per heavy atom. The van der Waals surface area contributed by atoms with Crippen LogP contribution >= 0.6 is 0 Å². The molecule has 0 radical (unpaired) electrons. The van der Waals surface area contributed by atoms with E-state index in [-0.39, 0.29) is 6.54 Å². The molecule has 0 aromatic heterocycles. The average Bonchev–Trinajstić information content (AvgIpc) is 2.01. The first-order valence-corrected chi connectivity index (χ1v) is 4.30. The van der Waals surface area contributed by atoms with Crippen LogP contribution in [0.15, 0.2) is 18.2 Å². The van der Waals surface area contributed by atoms with Gasteiger partial charge in [-0.2, -0.15) is 0 Å². The monoisotopic (exact) mass is 194 g/mol. The van der Waals surface area contributed by atoms with Crippen molar-refractivity contribution in [1.29, 1.82) is 0 Å². The number of carbonyl (C=O) groups is 1. The van der Waals surface area contributed by atoms with Gasteiger partial charge in [0.2, 0.25) is 0 Å². The van der Waals surface area contributed by atoms with Gasteiger partial charge in [-0.25, -0.2) is 0 Å². The summed E-state index contributed by atoms with van der Waals surface area (Å²) in [5.41, 5.74) is 8.18. The fraction of sp³-hybridized carbons (Fsp3) is 0.300. The average molecular weight is 194 g/mol. The number of nitrogens with two attached hydrogens (primary N) is 1. The number of nitrogens with zero attached hydrogens (tertiary/aromatic N) is 1. The number of carboxylic acids is 1. The van der Waals surface area contributed by atoms with Crippen LogP contribution in [-0.4, -0.2) is 24.7 Å². The zero-order valence-electron chi connectivity index (χ0n) is 8.32. The number of nitrogen functional groups attached to an aromatic ring is 1. The summed E-state index contributed by atoms with van der Waals surface area (Å²) < 4.78 is 0. The number of aryl methyl sites for hydroxylation is 1. The summed E-state index contributed by atoms with van der Waals surface area (Å²) in [7, 11) is 1.70. The number of carboxylic acid groups (broad SMARTS) is 1. The Hall–Kier alpha value is -1.71. The lowest BCUT2D eigenvalue weighted by Gasteiger charge is -2.18. The molecule has 4 heteroatoms. The van der Waals surface area contributed by atoms with E-state index < -0.39 is 5.97 Å². The minimum absolute atomic E-state index is 0.0484. The lowest BCUT2D eigenvalue weighted by atomic mass is 10.2. The molecule has 4 nitrogen and oxygen atoms in total. The number of hydrogen-bond donors (Lipinski definition) is 2. The second kappa shape index (κ2) is 4.00. The Morgan fingerprint density at radius 1 is 1.57 bits per heavy atom. The third-order valence-electron chi connectivity index (χ3n) is 1.97.